The van der Waals surface area contributed by atoms with Crippen LogP contribution in [-0.2, 0) is 0 Å². The summed E-state index contributed by atoms with van der Waals surface area (Å²) in [4.78, 5) is 18.1. The number of anilines is 1. The summed E-state index contributed by atoms with van der Waals surface area (Å²) < 4.78 is 1.93. The number of hydrogen-bond donors (Lipinski definition) is 1. The molecule has 112 valence electrons. The number of aromatic nitrogens is 2. The molecule has 22 heavy (non-hydrogen) atoms. The molecule has 0 fully saturated rings. The van der Waals surface area contributed by atoms with Gasteiger partial charge in [-0.25, -0.2) is 4.98 Å². The average molecular weight is 329 g/mol. The minimum Gasteiger partial charge on any atom is -0.321 e. The Kier molecular flexibility index (Phi) is 4.40. The van der Waals surface area contributed by atoms with Gasteiger partial charge in [-0.3, -0.25) is 9.20 Å². The normalized spacial score (nSPS) is 10.8. The molecule has 0 atom stereocenters. The molecule has 1 amide bonds. The molecule has 0 unspecified atom stereocenters. The van der Waals surface area contributed by atoms with Gasteiger partial charge in [0.15, 0.2) is 10.9 Å². The minimum absolute atomic E-state index is 0.194. The molecule has 6 heteroatoms. The van der Waals surface area contributed by atoms with Gasteiger partial charge in [0.1, 0.15) is 0 Å². The Morgan fingerprint density at radius 3 is 2.55 bits per heavy atom. The van der Waals surface area contributed by atoms with Crippen LogP contribution < -0.4 is 5.32 Å². The van der Waals surface area contributed by atoms with Crippen LogP contribution >= 0.6 is 23.5 Å². The van der Waals surface area contributed by atoms with Crippen molar-refractivity contribution in [2.45, 2.75) is 10.1 Å². The van der Waals surface area contributed by atoms with Crippen molar-refractivity contribution >= 4 is 40.6 Å². The highest BCUT2D eigenvalue weighted by atomic mass is 32.2. The van der Waals surface area contributed by atoms with E-state index in [9.17, 15) is 4.79 Å². The fourth-order valence-electron chi connectivity index (χ4n) is 2.19. The first-order chi connectivity index (χ1) is 10.7. The van der Waals surface area contributed by atoms with Crippen molar-refractivity contribution in [3.05, 3.63) is 54.4 Å². The van der Waals surface area contributed by atoms with Gasteiger partial charge in [0, 0.05) is 16.8 Å². The Hall–Kier alpha value is -1.92. The zero-order valence-corrected chi connectivity index (χ0v) is 13.9. The summed E-state index contributed by atoms with van der Waals surface area (Å²) in [6, 6.07) is 13.5. The molecular weight excluding hydrogens is 314 g/mol. The Morgan fingerprint density at radius 1 is 1.09 bits per heavy atom. The standard InChI is InChI=1S/C16H15N3OS2/c1-21-12-8-6-11(7-9-12)17-15(20)14-13-5-3-4-10-19(13)16(18-14)22-2/h3-10H,1-2H3,(H,17,20). The number of carbonyl (C=O) groups is 1. The molecule has 0 spiro atoms. The number of nitrogens with one attached hydrogen (secondary N) is 1. The van der Waals surface area contributed by atoms with Crippen LogP contribution in [0.2, 0.25) is 0 Å². The fraction of sp³-hybridized carbons (Fsp3) is 0.125. The average Bonchev–Trinajstić information content (AvgIpc) is 2.94. The molecular formula is C16H15N3OS2. The second kappa shape index (κ2) is 6.46. The second-order valence-corrected chi connectivity index (χ2v) is 6.24. The summed E-state index contributed by atoms with van der Waals surface area (Å²) in [6.07, 6.45) is 5.89. The van der Waals surface area contributed by atoms with Gasteiger partial charge >= 0.3 is 0 Å². The van der Waals surface area contributed by atoms with Gasteiger partial charge in [0.2, 0.25) is 0 Å². The van der Waals surface area contributed by atoms with Gasteiger partial charge < -0.3 is 5.32 Å². The SMILES string of the molecule is CSc1ccc(NC(=O)c2nc(SC)n3ccccc23)cc1. The largest absolute Gasteiger partial charge is 0.321 e. The second-order valence-electron chi connectivity index (χ2n) is 4.59. The van der Waals surface area contributed by atoms with E-state index in [4.69, 9.17) is 0 Å². The first-order valence-corrected chi connectivity index (χ1v) is 9.14. The smallest absolute Gasteiger partial charge is 0.276 e. The van der Waals surface area contributed by atoms with E-state index in [1.807, 2.05) is 65.6 Å². The monoisotopic (exact) mass is 329 g/mol. The lowest BCUT2D eigenvalue weighted by Gasteiger charge is -2.04. The number of imidazole rings is 1. The quantitative estimate of drug-likeness (QED) is 0.734. The maximum Gasteiger partial charge on any atom is 0.276 e. The summed E-state index contributed by atoms with van der Waals surface area (Å²) in [5.74, 6) is -0.194. The van der Waals surface area contributed by atoms with Crippen molar-refractivity contribution in [3.63, 3.8) is 0 Å². The predicted octanol–water partition coefficient (Wildman–Crippen LogP) is 4.03. The Morgan fingerprint density at radius 2 is 1.86 bits per heavy atom. The van der Waals surface area contributed by atoms with Crippen LogP contribution in [0.15, 0.2) is 58.7 Å². The van der Waals surface area contributed by atoms with Gasteiger partial charge in [0.05, 0.1) is 5.52 Å². The van der Waals surface area contributed by atoms with E-state index in [2.05, 4.69) is 10.3 Å². The fourth-order valence-corrected chi connectivity index (χ4v) is 3.13. The Balaban J connectivity index is 1.91. The lowest BCUT2D eigenvalue weighted by molar-refractivity contribution is 0.102. The maximum absolute atomic E-state index is 12.5. The molecule has 2 heterocycles. The molecule has 0 aliphatic carbocycles. The molecule has 2 aromatic heterocycles. The number of nitrogens with zero attached hydrogens (tertiary/aromatic N) is 2. The van der Waals surface area contributed by atoms with Crippen molar-refractivity contribution < 1.29 is 4.79 Å². The van der Waals surface area contributed by atoms with Gasteiger partial charge in [-0.2, -0.15) is 0 Å². The van der Waals surface area contributed by atoms with Crippen LogP contribution in [0.25, 0.3) is 5.52 Å². The Bertz CT molecular complexity index is 812. The lowest BCUT2D eigenvalue weighted by Crippen LogP contribution is -2.12. The van der Waals surface area contributed by atoms with Crippen molar-refractivity contribution in [1.82, 2.24) is 9.38 Å². The molecule has 0 aliphatic heterocycles. The number of hydrogen-bond acceptors (Lipinski definition) is 4. The van der Waals surface area contributed by atoms with E-state index in [0.29, 0.717) is 5.69 Å². The summed E-state index contributed by atoms with van der Waals surface area (Å²) in [6.45, 7) is 0. The third kappa shape index (κ3) is 2.84. The molecule has 4 nitrogen and oxygen atoms in total. The molecule has 3 rings (SSSR count). The van der Waals surface area contributed by atoms with E-state index in [0.717, 1.165) is 21.3 Å². The molecule has 1 N–H and O–H groups in total. The van der Waals surface area contributed by atoms with Crippen molar-refractivity contribution in [2.24, 2.45) is 0 Å². The van der Waals surface area contributed by atoms with Crippen LogP contribution in [0.1, 0.15) is 10.5 Å². The highest BCUT2D eigenvalue weighted by molar-refractivity contribution is 7.98. The number of carbonyl (C=O) groups excluding carboxylic acids is 1. The van der Waals surface area contributed by atoms with Crippen LogP contribution in [0.3, 0.4) is 0 Å². The number of rotatable bonds is 4. The Labute approximate surface area is 137 Å². The predicted molar refractivity (Wildman–Crippen MR) is 93.1 cm³/mol. The molecule has 0 radical (unpaired) electrons. The van der Waals surface area contributed by atoms with Crippen molar-refractivity contribution in [1.29, 1.82) is 0 Å². The van der Waals surface area contributed by atoms with Gasteiger partial charge in [-0.1, -0.05) is 17.8 Å². The molecule has 1 aromatic carbocycles. The first-order valence-electron chi connectivity index (χ1n) is 6.69. The van der Waals surface area contributed by atoms with Gasteiger partial charge in [-0.05, 0) is 48.9 Å². The number of thioether (sulfide) groups is 2. The van der Waals surface area contributed by atoms with Crippen LogP contribution in [0.4, 0.5) is 5.69 Å². The van der Waals surface area contributed by atoms with Crippen LogP contribution in [0, 0.1) is 0 Å². The van der Waals surface area contributed by atoms with E-state index in [1.54, 1.807) is 11.8 Å². The zero-order chi connectivity index (χ0) is 15.5. The van der Waals surface area contributed by atoms with E-state index < -0.39 is 0 Å². The third-order valence-electron chi connectivity index (χ3n) is 3.26. The molecule has 0 bridgehead atoms. The van der Waals surface area contributed by atoms with Crippen LogP contribution in [0.5, 0.6) is 0 Å². The number of amides is 1. The van der Waals surface area contributed by atoms with E-state index >= 15 is 0 Å². The lowest BCUT2D eigenvalue weighted by atomic mass is 10.3. The summed E-state index contributed by atoms with van der Waals surface area (Å²) >= 11 is 3.19. The highest BCUT2D eigenvalue weighted by Crippen LogP contribution is 2.22. The van der Waals surface area contributed by atoms with Crippen molar-refractivity contribution in [3.8, 4) is 0 Å². The van der Waals surface area contributed by atoms with E-state index in [-0.39, 0.29) is 5.91 Å². The first kappa shape index (κ1) is 15.0. The van der Waals surface area contributed by atoms with Gasteiger partial charge in [0.25, 0.3) is 5.91 Å². The molecule has 0 saturated carbocycles. The third-order valence-corrected chi connectivity index (χ3v) is 4.66. The molecule has 0 aliphatic rings. The maximum atomic E-state index is 12.5. The summed E-state index contributed by atoms with van der Waals surface area (Å²) in [5.41, 5.74) is 2.02. The zero-order valence-electron chi connectivity index (χ0n) is 12.2. The minimum atomic E-state index is -0.194. The van der Waals surface area contributed by atoms with Crippen molar-refractivity contribution in [2.75, 3.05) is 17.8 Å². The number of fused-ring (bicyclic) bond motifs is 1. The molecule has 3 aromatic rings. The molecule has 0 saturated heterocycles. The highest BCUT2D eigenvalue weighted by Gasteiger charge is 2.16. The number of pyridine rings is 1. The van der Waals surface area contributed by atoms with E-state index in [1.165, 1.54) is 11.8 Å². The summed E-state index contributed by atoms with van der Waals surface area (Å²) in [7, 11) is 0. The summed E-state index contributed by atoms with van der Waals surface area (Å²) in [5, 5.41) is 3.71. The number of benzene rings is 1. The van der Waals surface area contributed by atoms with Gasteiger partial charge in [-0.15, -0.1) is 11.8 Å². The topological polar surface area (TPSA) is 46.4 Å². The van der Waals surface area contributed by atoms with Crippen LogP contribution in [-0.4, -0.2) is 27.8 Å².